The third-order valence-corrected chi connectivity index (χ3v) is 4.91. The fourth-order valence-electron chi connectivity index (χ4n) is 1.58. The largest absolute Gasteiger partial charge is 0.330 e. The minimum Gasteiger partial charge on any atom is -0.330 e. The van der Waals surface area contributed by atoms with E-state index in [2.05, 4.69) is 10.8 Å². The maximum Gasteiger partial charge on any atom is 0.211 e. The van der Waals surface area contributed by atoms with Crippen molar-refractivity contribution in [2.24, 2.45) is 5.73 Å². The van der Waals surface area contributed by atoms with Crippen LogP contribution in [-0.4, -0.2) is 26.8 Å². The number of rotatable bonds is 7. The summed E-state index contributed by atoms with van der Waals surface area (Å²) in [6, 6.07) is 4.02. The molecule has 0 aliphatic rings. The van der Waals surface area contributed by atoms with Crippen LogP contribution in [0, 0.1) is 6.92 Å². The summed E-state index contributed by atoms with van der Waals surface area (Å²) in [7, 11) is -3.18. The molecule has 0 aromatic carbocycles. The van der Waals surface area contributed by atoms with Gasteiger partial charge in [-0.15, -0.1) is 11.3 Å². The molecule has 1 unspecified atom stereocenters. The second kappa shape index (κ2) is 6.49. The first-order chi connectivity index (χ1) is 7.93. The molecule has 3 N–H and O–H groups in total. The molecule has 17 heavy (non-hydrogen) atoms. The van der Waals surface area contributed by atoms with Crippen LogP contribution in [0.2, 0.25) is 0 Å². The molecule has 98 valence electrons. The van der Waals surface area contributed by atoms with Crippen molar-refractivity contribution in [3.63, 3.8) is 0 Å². The Balaban J connectivity index is 2.46. The van der Waals surface area contributed by atoms with E-state index in [1.807, 2.05) is 19.9 Å². The van der Waals surface area contributed by atoms with E-state index in [0.717, 1.165) is 6.42 Å². The molecule has 1 atom stereocenters. The zero-order valence-electron chi connectivity index (χ0n) is 10.3. The lowest BCUT2D eigenvalue weighted by molar-refractivity contribution is 0.558. The van der Waals surface area contributed by atoms with E-state index in [9.17, 15) is 8.42 Å². The summed E-state index contributed by atoms with van der Waals surface area (Å²) in [4.78, 5) is 2.45. The van der Waals surface area contributed by atoms with E-state index in [0.29, 0.717) is 13.0 Å². The standard InChI is InChI=1S/C11H20N2O2S2/c1-9(8-11-5-4-10(2)16-11)13-17(14,15)7-3-6-12/h4-5,9,13H,3,6-8,12H2,1-2H3. The summed E-state index contributed by atoms with van der Waals surface area (Å²) in [5, 5.41) is 0. The number of hydrogen-bond donors (Lipinski definition) is 2. The van der Waals surface area contributed by atoms with Gasteiger partial charge in [-0.1, -0.05) is 0 Å². The van der Waals surface area contributed by atoms with Gasteiger partial charge < -0.3 is 5.73 Å². The summed E-state index contributed by atoms with van der Waals surface area (Å²) >= 11 is 1.71. The van der Waals surface area contributed by atoms with Crippen LogP contribution in [0.5, 0.6) is 0 Å². The SMILES string of the molecule is Cc1ccc(CC(C)NS(=O)(=O)CCCN)s1. The van der Waals surface area contributed by atoms with Crippen LogP contribution in [-0.2, 0) is 16.4 Å². The highest BCUT2D eigenvalue weighted by Gasteiger charge is 2.14. The molecule has 0 spiro atoms. The molecule has 0 saturated carbocycles. The summed E-state index contributed by atoms with van der Waals surface area (Å²) in [5.41, 5.74) is 5.30. The second-order valence-corrected chi connectivity index (χ2v) is 7.44. The first-order valence-corrected chi connectivity index (χ1v) is 8.15. The molecule has 4 nitrogen and oxygen atoms in total. The van der Waals surface area contributed by atoms with E-state index in [1.165, 1.54) is 9.75 Å². The zero-order chi connectivity index (χ0) is 12.9. The van der Waals surface area contributed by atoms with E-state index >= 15 is 0 Å². The molecule has 0 fully saturated rings. The van der Waals surface area contributed by atoms with Gasteiger partial charge in [0.2, 0.25) is 10.0 Å². The Hall–Kier alpha value is -0.430. The molecule has 1 aromatic heterocycles. The van der Waals surface area contributed by atoms with Crippen LogP contribution in [0.4, 0.5) is 0 Å². The summed E-state index contributed by atoms with van der Waals surface area (Å²) < 4.78 is 25.9. The van der Waals surface area contributed by atoms with Crippen molar-refractivity contribution in [3.05, 3.63) is 21.9 Å². The third kappa shape index (κ3) is 5.63. The van der Waals surface area contributed by atoms with Crippen LogP contribution in [0.3, 0.4) is 0 Å². The number of thiophene rings is 1. The highest BCUT2D eigenvalue weighted by Crippen LogP contribution is 2.16. The van der Waals surface area contributed by atoms with Crippen LogP contribution in [0.25, 0.3) is 0 Å². The molecule has 0 saturated heterocycles. The van der Waals surface area contributed by atoms with Gasteiger partial charge in [-0.3, -0.25) is 0 Å². The average molecular weight is 276 g/mol. The van der Waals surface area contributed by atoms with Crippen LogP contribution >= 0.6 is 11.3 Å². The van der Waals surface area contributed by atoms with Crippen LogP contribution < -0.4 is 10.5 Å². The van der Waals surface area contributed by atoms with Gasteiger partial charge in [0.25, 0.3) is 0 Å². The first kappa shape index (κ1) is 14.6. The molecule has 6 heteroatoms. The predicted molar refractivity (Wildman–Crippen MR) is 72.8 cm³/mol. The van der Waals surface area contributed by atoms with E-state index < -0.39 is 10.0 Å². The van der Waals surface area contributed by atoms with Gasteiger partial charge in [-0.25, -0.2) is 13.1 Å². The lowest BCUT2D eigenvalue weighted by Gasteiger charge is -2.13. The highest BCUT2D eigenvalue weighted by atomic mass is 32.2. The fourth-order valence-corrected chi connectivity index (χ4v) is 3.96. The molecule has 0 radical (unpaired) electrons. The molecule has 0 aliphatic carbocycles. The highest BCUT2D eigenvalue weighted by molar-refractivity contribution is 7.89. The van der Waals surface area contributed by atoms with Crippen molar-refractivity contribution in [2.45, 2.75) is 32.7 Å². The third-order valence-electron chi connectivity index (χ3n) is 2.30. The van der Waals surface area contributed by atoms with Gasteiger partial charge in [-0.2, -0.15) is 0 Å². The molecular formula is C11H20N2O2S2. The predicted octanol–water partition coefficient (Wildman–Crippen LogP) is 1.26. The van der Waals surface area contributed by atoms with Gasteiger partial charge in [0.15, 0.2) is 0 Å². The van der Waals surface area contributed by atoms with Crippen molar-refractivity contribution in [1.82, 2.24) is 4.72 Å². The average Bonchev–Trinajstić information content (AvgIpc) is 2.60. The Morgan fingerprint density at radius 2 is 2.18 bits per heavy atom. The monoisotopic (exact) mass is 276 g/mol. The summed E-state index contributed by atoms with van der Waals surface area (Å²) in [6.45, 7) is 4.33. The number of sulfonamides is 1. The Morgan fingerprint density at radius 3 is 2.71 bits per heavy atom. The Labute approximate surface area is 107 Å². The number of hydrogen-bond acceptors (Lipinski definition) is 4. The topological polar surface area (TPSA) is 72.2 Å². The van der Waals surface area contributed by atoms with E-state index in [-0.39, 0.29) is 11.8 Å². The lowest BCUT2D eigenvalue weighted by atomic mass is 10.2. The quantitative estimate of drug-likeness (QED) is 0.787. The molecule has 1 heterocycles. The minimum absolute atomic E-state index is 0.0733. The maximum absolute atomic E-state index is 11.6. The van der Waals surface area contributed by atoms with Crippen molar-refractivity contribution < 1.29 is 8.42 Å². The molecular weight excluding hydrogens is 256 g/mol. The van der Waals surface area contributed by atoms with Crippen molar-refractivity contribution >= 4 is 21.4 Å². The van der Waals surface area contributed by atoms with Gasteiger partial charge in [0, 0.05) is 15.8 Å². The van der Waals surface area contributed by atoms with Crippen molar-refractivity contribution in [1.29, 1.82) is 0 Å². The Kier molecular flexibility index (Phi) is 5.58. The number of nitrogens with one attached hydrogen (secondary N) is 1. The van der Waals surface area contributed by atoms with Gasteiger partial charge in [-0.05, 0) is 45.4 Å². The van der Waals surface area contributed by atoms with E-state index in [4.69, 9.17) is 5.73 Å². The van der Waals surface area contributed by atoms with E-state index in [1.54, 1.807) is 11.3 Å². The van der Waals surface area contributed by atoms with Crippen molar-refractivity contribution in [2.75, 3.05) is 12.3 Å². The zero-order valence-corrected chi connectivity index (χ0v) is 11.9. The molecule has 1 aromatic rings. The second-order valence-electron chi connectivity index (χ2n) is 4.20. The first-order valence-electron chi connectivity index (χ1n) is 5.68. The molecule has 0 bridgehead atoms. The van der Waals surface area contributed by atoms with Gasteiger partial charge >= 0.3 is 0 Å². The maximum atomic E-state index is 11.6. The van der Waals surface area contributed by atoms with Crippen LogP contribution in [0.1, 0.15) is 23.1 Å². The number of nitrogens with two attached hydrogens (primary N) is 1. The Morgan fingerprint density at radius 1 is 1.47 bits per heavy atom. The summed E-state index contributed by atoms with van der Waals surface area (Å²) in [6.07, 6.45) is 1.24. The van der Waals surface area contributed by atoms with Gasteiger partial charge in [0.05, 0.1) is 5.75 Å². The molecule has 0 amide bonds. The Bertz CT molecular complexity index is 440. The minimum atomic E-state index is -3.18. The van der Waals surface area contributed by atoms with Crippen LogP contribution in [0.15, 0.2) is 12.1 Å². The lowest BCUT2D eigenvalue weighted by Crippen LogP contribution is -2.36. The molecule has 1 rings (SSSR count). The smallest absolute Gasteiger partial charge is 0.211 e. The van der Waals surface area contributed by atoms with Crippen molar-refractivity contribution in [3.8, 4) is 0 Å². The molecule has 0 aliphatic heterocycles. The van der Waals surface area contributed by atoms with Gasteiger partial charge in [0.1, 0.15) is 0 Å². The number of aryl methyl sites for hydroxylation is 1. The normalized spacial score (nSPS) is 13.8. The fraction of sp³-hybridized carbons (Fsp3) is 0.636. The summed E-state index contributed by atoms with van der Waals surface area (Å²) in [5.74, 6) is 0.108.